The molecule has 0 saturated carbocycles. The minimum atomic E-state index is -0.592. The van der Waals surface area contributed by atoms with Crippen LogP contribution in [0.2, 0.25) is 10.0 Å². The van der Waals surface area contributed by atoms with Crippen LogP contribution >= 0.6 is 23.2 Å². The van der Waals surface area contributed by atoms with Gasteiger partial charge in [-0.25, -0.2) is 4.79 Å². The molecular formula is C17H17Cl2NO3. The van der Waals surface area contributed by atoms with E-state index >= 15 is 0 Å². The predicted molar refractivity (Wildman–Crippen MR) is 90.8 cm³/mol. The molecule has 122 valence electrons. The fourth-order valence-electron chi connectivity index (χ4n) is 2.06. The van der Waals surface area contributed by atoms with Gasteiger partial charge in [-0.3, -0.25) is 0 Å². The van der Waals surface area contributed by atoms with Crippen LogP contribution < -0.4 is 5.32 Å². The first-order valence-electron chi connectivity index (χ1n) is 7.10. The zero-order valence-electron chi connectivity index (χ0n) is 12.3. The molecule has 2 N–H and O–H groups in total. The number of rotatable bonds is 6. The minimum Gasteiger partial charge on any atom is -0.445 e. The Balaban J connectivity index is 1.88. The SMILES string of the molecule is O=C(NC(CO)Cc1cc(Cl)ccc1Cl)OCc1ccccc1. The van der Waals surface area contributed by atoms with E-state index in [4.69, 9.17) is 27.9 Å². The Labute approximate surface area is 145 Å². The first-order chi connectivity index (χ1) is 11.1. The third-order valence-electron chi connectivity index (χ3n) is 3.23. The van der Waals surface area contributed by atoms with Crippen LogP contribution in [0, 0.1) is 0 Å². The number of hydrogen-bond acceptors (Lipinski definition) is 3. The van der Waals surface area contributed by atoms with Gasteiger partial charge in [-0.1, -0.05) is 53.5 Å². The van der Waals surface area contributed by atoms with Crippen LogP contribution in [0.1, 0.15) is 11.1 Å². The van der Waals surface area contributed by atoms with Gasteiger partial charge in [0.1, 0.15) is 6.61 Å². The monoisotopic (exact) mass is 353 g/mol. The number of carbonyl (C=O) groups is 1. The second-order valence-corrected chi connectivity index (χ2v) is 5.87. The Morgan fingerprint density at radius 1 is 1.17 bits per heavy atom. The molecule has 0 radical (unpaired) electrons. The molecule has 1 atom stereocenters. The third kappa shape index (κ3) is 5.75. The van der Waals surface area contributed by atoms with Crippen molar-refractivity contribution in [3.05, 3.63) is 69.7 Å². The maximum Gasteiger partial charge on any atom is 0.407 e. The summed E-state index contributed by atoms with van der Waals surface area (Å²) >= 11 is 12.0. The van der Waals surface area contributed by atoms with Crippen molar-refractivity contribution in [1.29, 1.82) is 0 Å². The molecule has 0 bridgehead atoms. The quantitative estimate of drug-likeness (QED) is 0.829. The van der Waals surface area contributed by atoms with Gasteiger partial charge in [-0.2, -0.15) is 0 Å². The highest BCUT2D eigenvalue weighted by Crippen LogP contribution is 2.21. The zero-order chi connectivity index (χ0) is 16.7. The molecule has 0 aliphatic rings. The lowest BCUT2D eigenvalue weighted by molar-refractivity contribution is 0.129. The van der Waals surface area contributed by atoms with Gasteiger partial charge in [0.05, 0.1) is 12.6 Å². The van der Waals surface area contributed by atoms with Crippen LogP contribution in [-0.4, -0.2) is 23.8 Å². The number of carbonyl (C=O) groups excluding carboxylic acids is 1. The van der Waals surface area contributed by atoms with Crippen LogP contribution in [0.15, 0.2) is 48.5 Å². The summed E-state index contributed by atoms with van der Waals surface area (Å²) < 4.78 is 5.13. The van der Waals surface area contributed by atoms with Crippen LogP contribution in [-0.2, 0) is 17.8 Å². The fraction of sp³-hybridized carbons (Fsp3) is 0.235. The van der Waals surface area contributed by atoms with E-state index in [-0.39, 0.29) is 13.2 Å². The van der Waals surface area contributed by atoms with E-state index in [1.807, 2.05) is 30.3 Å². The fourth-order valence-corrected chi connectivity index (χ4v) is 2.45. The number of benzene rings is 2. The third-order valence-corrected chi connectivity index (χ3v) is 3.83. The van der Waals surface area contributed by atoms with E-state index in [0.717, 1.165) is 11.1 Å². The molecule has 2 aromatic rings. The van der Waals surface area contributed by atoms with Gasteiger partial charge >= 0.3 is 6.09 Å². The van der Waals surface area contributed by atoms with E-state index in [9.17, 15) is 9.90 Å². The summed E-state index contributed by atoms with van der Waals surface area (Å²) in [7, 11) is 0. The number of aliphatic hydroxyl groups excluding tert-OH is 1. The van der Waals surface area contributed by atoms with Crippen LogP contribution in [0.5, 0.6) is 0 Å². The molecule has 0 fully saturated rings. The maximum atomic E-state index is 11.8. The summed E-state index contributed by atoms with van der Waals surface area (Å²) in [5, 5.41) is 13.1. The highest BCUT2D eigenvalue weighted by Gasteiger charge is 2.15. The normalized spacial score (nSPS) is 11.8. The molecule has 0 saturated heterocycles. The van der Waals surface area contributed by atoms with Crippen molar-refractivity contribution in [2.45, 2.75) is 19.1 Å². The number of aliphatic hydroxyl groups is 1. The molecule has 1 amide bonds. The van der Waals surface area contributed by atoms with Gasteiger partial charge in [-0.15, -0.1) is 0 Å². The number of halogens is 2. The summed E-state index contributed by atoms with van der Waals surface area (Å²) in [4.78, 5) is 11.8. The highest BCUT2D eigenvalue weighted by atomic mass is 35.5. The van der Waals surface area contributed by atoms with Crippen molar-refractivity contribution < 1.29 is 14.6 Å². The molecule has 0 aliphatic heterocycles. The largest absolute Gasteiger partial charge is 0.445 e. The Kier molecular flexibility index (Phi) is 6.71. The highest BCUT2D eigenvalue weighted by molar-refractivity contribution is 6.33. The number of nitrogens with one attached hydrogen (secondary N) is 1. The molecule has 4 nitrogen and oxygen atoms in total. The maximum absolute atomic E-state index is 11.8. The van der Waals surface area contributed by atoms with E-state index in [0.29, 0.717) is 16.5 Å². The molecule has 0 aromatic heterocycles. The molecular weight excluding hydrogens is 337 g/mol. The molecule has 1 unspecified atom stereocenters. The summed E-state index contributed by atoms with van der Waals surface area (Å²) in [6.07, 6.45) is -0.234. The molecule has 0 spiro atoms. The van der Waals surface area contributed by atoms with Crippen molar-refractivity contribution in [3.8, 4) is 0 Å². The van der Waals surface area contributed by atoms with Crippen LogP contribution in [0.4, 0.5) is 4.79 Å². The molecule has 2 aromatic carbocycles. The Morgan fingerprint density at radius 3 is 2.61 bits per heavy atom. The molecule has 0 aliphatic carbocycles. The van der Waals surface area contributed by atoms with Crippen molar-refractivity contribution in [1.82, 2.24) is 5.32 Å². The van der Waals surface area contributed by atoms with Crippen molar-refractivity contribution >= 4 is 29.3 Å². The van der Waals surface area contributed by atoms with Crippen molar-refractivity contribution in [2.24, 2.45) is 0 Å². The summed E-state index contributed by atoms with van der Waals surface area (Å²) in [6, 6.07) is 13.9. The van der Waals surface area contributed by atoms with Gasteiger partial charge in [0.2, 0.25) is 0 Å². The number of amides is 1. The second-order valence-electron chi connectivity index (χ2n) is 5.03. The van der Waals surface area contributed by atoms with Gasteiger partial charge in [0, 0.05) is 10.0 Å². The van der Waals surface area contributed by atoms with Gasteiger partial charge < -0.3 is 15.2 Å². The molecule has 6 heteroatoms. The average molecular weight is 354 g/mol. The first kappa shape index (κ1) is 17.6. The van der Waals surface area contributed by atoms with E-state index in [2.05, 4.69) is 5.32 Å². The number of ether oxygens (including phenoxy) is 1. The standard InChI is InChI=1S/C17H17Cl2NO3/c18-14-6-7-16(19)13(8-14)9-15(10-21)20-17(22)23-11-12-4-2-1-3-5-12/h1-8,15,21H,9-11H2,(H,20,22). The van der Waals surface area contributed by atoms with Gasteiger partial charge in [0.25, 0.3) is 0 Å². The molecule has 2 rings (SSSR count). The van der Waals surface area contributed by atoms with Crippen molar-refractivity contribution in [3.63, 3.8) is 0 Å². The predicted octanol–water partition coefficient (Wildman–Crippen LogP) is 3.82. The zero-order valence-corrected chi connectivity index (χ0v) is 13.8. The van der Waals surface area contributed by atoms with Gasteiger partial charge in [-0.05, 0) is 35.7 Å². The summed E-state index contributed by atoms with van der Waals surface area (Å²) in [5.41, 5.74) is 1.64. The van der Waals surface area contributed by atoms with E-state index < -0.39 is 12.1 Å². The summed E-state index contributed by atoms with van der Waals surface area (Å²) in [5.74, 6) is 0. The smallest absolute Gasteiger partial charge is 0.407 e. The van der Waals surface area contributed by atoms with Crippen LogP contribution in [0.3, 0.4) is 0 Å². The van der Waals surface area contributed by atoms with Crippen molar-refractivity contribution in [2.75, 3.05) is 6.61 Å². The molecule has 23 heavy (non-hydrogen) atoms. The number of hydrogen-bond donors (Lipinski definition) is 2. The first-order valence-corrected chi connectivity index (χ1v) is 7.86. The second kappa shape index (κ2) is 8.77. The molecule has 0 heterocycles. The Bertz CT molecular complexity index is 650. The van der Waals surface area contributed by atoms with Crippen LogP contribution in [0.25, 0.3) is 0 Å². The van der Waals surface area contributed by atoms with Gasteiger partial charge in [0.15, 0.2) is 0 Å². The lowest BCUT2D eigenvalue weighted by Gasteiger charge is -2.17. The lowest BCUT2D eigenvalue weighted by Crippen LogP contribution is -2.39. The number of alkyl carbamates (subject to hydrolysis) is 1. The Morgan fingerprint density at radius 2 is 1.91 bits per heavy atom. The minimum absolute atomic E-state index is 0.169. The topological polar surface area (TPSA) is 58.6 Å². The van der Waals surface area contributed by atoms with E-state index in [1.54, 1.807) is 18.2 Å². The van der Waals surface area contributed by atoms with E-state index in [1.165, 1.54) is 0 Å². The summed E-state index contributed by atoms with van der Waals surface area (Å²) in [6.45, 7) is -0.0635. The Hall–Kier alpha value is -1.75. The average Bonchev–Trinajstić information content (AvgIpc) is 2.56. The lowest BCUT2D eigenvalue weighted by atomic mass is 10.1.